The Labute approximate surface area is 149 Å². The summed E-state index contributed by atoms with van der Waals surface area (Å²) in [5.41, 5.74) is 1.48. The van der Waals surface area contributed by atoms with Gasteiger partial charge in [-0.3, -0.25) is 4.79 Å². The summed E-state index contributed by atoms with van der Waals surface area (Å²) in [7, 11) is 2.88. The summed E-state index contributed by atoms with van der Waals surface area (Å²) < 4.78 is 15.6. The molecule has 1 N–H and O–H groups in total. The van der Waals surface area contributed by atoms with Gasteiger partial charge in [-0.1, -0.05) is 12.1 Å². The van der Waals surface area contributed by atoms with Crippen LogP contribution in [0.5, 0.6) is 11.5 Å². The number of anilines is 1. The van der Waals surface area contributed by atoms with Crippen LogP contribution in [0.15, 0.2) is 24.3 Å². The molecule has 1 amide bonds. The fourth-order valence-corrected chi connectivity index (χ4v) is 4.15. The number of benzene rings is 1. The van der Waals surface area contributed by atoms with Crippen molar-refractivity contribution in [2.24, 2.45) is 0 Å². The van der Waals surface area contributed by atoms with Crippen LogP contribution in [0.3, 0.4) is 0 Å². The first-order valence-electron chi connectivity index (χ1n) is 7.92. The Hall–Kier alpha value is -2.54. The van der Waals surface area contributed by atoms with Crippen LogP contribution in [0.4, 0.5) is 5.00 Å². The van der Waals surface area contributed by atoms with Crippen molar-refractivity contribution < 1.29 is 23.8 Å². The van der Waals surface area contributed by atoms with E-state index in [-0.39, 0.29) is 12.5 Å². The second-order valence-electron chi connectivity index (χ2n) is 5.54. The number of ether oxygens (including phenoxy) is 3. The van der Waals surface area contributed by atoms with E-state index in [1.165, 1.54) is 25.6 Å². The van der Waals surface area contributed by atoms with Gasteiger partial charge >= 0.3 is 5.97 Å². The van der Waals surface area contributed by atoms with Gasteiger partial charge in [-0.2, -0.15) is 0 Å². The van der Waals surface area contributed by atoms with Crippen molar-refractivity contribution in [1.82, 2.24) is 0 Å². The second kappa shape index (κ2) is 7.57. The molecule has 0 spiro atoms. The number of hydrogen-bond acceptors (Lipinski definition) is 6. The number of aryl methyl sites for hydroxylation is 1. The monoisotopic (exact) mass is 361 g/mol. The maximum Gasteiger partial charge on any atom is 0.341 e. The van der Waals surface area contributed by atoms with Crippen LogP contribution in [0.1, 0.15) is 27.2 Å². The van der Waals surface area contributed by atoms with Crippen molar-refractivity contribution in [2.75, 3.05) is 26.1 Å². The zero-order valence-corrected chi connectivity index (χ0v) is 14.9. The highest BCUT2D eigenvalue weighted by atomic mass is 32.1. The third kappa shape index (κ3) is 3.61. The number of thiophene rings is 1. The van der Waals surface area contributed by atoms with Crippen LogP contribution in [-0.4, -0.2) is 32.7 Å². The average molecular weight is 361 g/mol. The Morgan fingerprint density at radius 3 is 2.64 bits per heavy atom. The van der Waals surface area contributed by atoms with Gasteiger partial charge in [0.05, 0.1) is 19.8 Å². The van der Waals surface area contributed by atoms with Crippen molar-refractivity contribution >= 4 is 28.2 Å². The first-order valence-corrected chi connectivity index (χ1v) is 8.74. The van der Waals surface area contributed by atoms with E-state index in [0.29, 0.717) is 22.1 Å². The molecule has 0 atom stereocenters. The second-order valence-corrected chi connectivity index (χ2v) is 6.65. The number of carbonyl (C=O) groups excluding carboxylic acids is 2. The molecule has 0 saturated heterocycles. The highest BCUT2D eigenvalue weighted by molar-refractivity contribution is 7.17. The van der Waals surface area contributed by atoms with Crippen molar-refractivity contribution in [2.45, 2.75) is 19.3 Å². The summed E-state index contributed by atoms with van der Waals surface area (Å²) in [6.07, 6.45) is 2.79. The van der Waals surface area contributed by atoms with Gasteiger partial charge in [0.15, 0.2) is 18.1 Å². The van der Waals surface area contributed by atoms with E-state index in [1.807, 2.05) is 6.07 Å². The van der Waals surface area contributed by atoms with Crippen molar-refractivity contribution in [1.29, 1.82) is 0 Å². The number of amides is 1. The Morgan fingerprint density at radius 2 is 1.92 bits per heavy atom. The van der Waals surface area contributed by atoms with Gasteiger partial charge < -0.3 is 19.5 Å². The fraction of sp³-hybridized carbons (Fsp3) is 0.333. The maximum absolute atomic E-state index is 12.3. The molecular weight excluding hydrogens is 342 g/mol. The Bertz CT molecular complexity index is 799. The average Bonchev–Trinajstić information content (AvgIpc) is 3.20. The Morgan fingerprint density at radius 1 is 1.16 bits per heavy atom. The molecular formula is C18H19NO5S. The Kier molecular flexibility index (Phi) is 5.23. The van der Waals surface area contributed by atoms with E-state index in [0.717, 1.165) is 29.7 Å². The van der Waals surface area contributed by atoms with Crippen molar-refractivity contribution in [3.8, 4) is 11.5 Å². The van der Waals surface area contributed by atoms with Crippen LogP contribution >= 0.6 is 11.3 Å². The highest BCUT2D eigenvalue weighted by Gasteiger charge is 2.28. The predicted molar refractivity (Wildman–Crippen MR) is 94.8 cm³/mol. The topological polar surface area (TPSA) is 73.9 Å². The molecule has 25 heavy (non-hydrogen) atoms. The van der Waals surface area contributed by atoms with Gasteiger partial charge in [-0.15, -0.1) is 11.3 Å². The van der Waals surface area contributed by atoms with Crippen LogP contribution in [-0.2, 0) is 22.4 Å². The van der Waals surface area contributed by atoms with Gasteiger partial charge in [-0.05, 0) is 37.0 Å². The number of nitrogens with one attached hydrogen (secondary N) is 1. The standard InChI is InChI=1S/C18H19NO5S/c1-22-12-7-3-4-8-13(12)24-10-15(20)19-17-16(18(21)23-2)11-6-5-9-14(11)25-17/h3-4,7-8H,5-6,9-10H2,1-2H3,(H,19,20). The third-order valence-corrected chi connectivity index (χ3v) is 5.20. The first kappa shape index (κ1) is 17.3. The lowest BCUT2D eigenvalue weighted by Gasteiger charge is -2.10. The number of fused-ring (bicyclic) bond motifs is 1. The van der Waals surface area contributed by atoms with Gasteiger partial charge in [0.1, 0.15) is 5.00 Å². The Balaban J connectivity index is 1.70. The van der Waals surface area contributed by atoms with Gasteiger partial charge in [0.25, 0.3) is 5.91 Å². The van der Waals surface area contributed by atoms with E-state index in [2.05, 4.69) is 5.32 Å². The third-order valence-electron chi connectivity index (χ3n) is 3.99. The van der Waals surface area contributed by atoms with E-state index in [4.69, 9.17) is 14.2 Å². The summed E-state index contributed by atoms with van der Waals surface area (Å²) in [6.45, 7) is -0.177. The number of rotatable bonds is 6. The largest absolute Gasteiger partial charge is 0.493 e. The number of para-hydroxylation sites is 2. The molecule has 0 radical (unpaired) electrons. The molecule has 0 bridgehead atoms. The fourth-order valence-electron chi connectivity index (χ4n) is 2.85. The quantitative estimate of drug-likeness (QED) is 0.801. The smallest absolute Gasteiger partial charge is 0.341 e. The molecule has 0 unspecified atom stereocenters. The van der Waals surface area contributed by atoms with Crippen LogP contribution < -0.4 is 14.8 Å². The minimum absolute atomic E-state index is 0.177. The number of hydrogen-bond donors (Lipinski definition) is 1. The zero-order valence-electron chi connectivity index (χ0n) is 14.1. The SMILES string of the molecule is COC(=O)c1c(NC(=O)COc2ccccc2OC)sc2c1CCC2. The molecule has 0 aliphatic heterocycles. The van der Waals surface area contributed by atoms with Gasteiger partial charge in [0, 0.05) is 4.88 Å². The molecule has 2 aromatic rings. The summed E-state index contributed by atoms with van der Waals surface area (Å²) >= 11 is 1.44. The lowest BCUT2D eigenvalue weighted by molar-refractivity contribution is -0.118. The minimum Gasteiger partial charge on any atom is -0.493 e. The molecule has 7 heteroatoms. The first-order chi connectivity index (χ1) is 12.1. The van der Waals surface area contributed by atoms with Crippen LogP contribution in [0.25, 0.3) is 0 Å². The van der Waals surface area contributed by atoms with Gasteiger partial charge in [0.2, 0.25) is 0 Å². The lowest BCUT2D eigenvalue weighted by Crippen LogP contribution is -2.21. The number of esters is 1. The molecule has 3 rings (SSSR count). The molecule has 6 nitrogen and oxygen atoms in total. The van der Waals surface area contributed by atoms with Crippen molar-refractivity contribution in [3.63, 3.8) is 0 Å². The van der Waals surface area contributed by atoms with E-state index >= 15 is 0 Å². The summed E-state index contributed by atoms with van der Waals surface area (Å²) in [5, 5.41) is 3.31. The normalized spacial score (nSPS) is 12.4. The molecule has 132 valence electrons. The molecule has 0 saturated carbocycles. The number of methoxy groups -OCH3 is 2. The van der Waals surface area contributed by atoms with Crippen LogP contribution in [0.2, 0.25) is 0 Å². The van der Waals surface area contributed by atoms with Crippen molar-refractivity contribution in [3.05, 3.63) is 40.3 Å². The highest BCUT2D eigenvalue weighted by Crippen LogP contribution is 2.39. The summed E-state index contributed by atoms with van der Waals surface area (Å²) in [5.74, 6) is 0.291. The minimum atomic E-state index is -0.416. The maximum atomic E-state index is 12.3. The molecule has 1 aliphatic carbocycles. The summed E-state index contributed by atoms with van der Waals surface area (Å²) in [6, 6.07) is 7.11. The molecule has 1 heterocycles. The van der Waals surface area contributed by atoms with E-state index in [9.17, 15) is 9.59 Å². The molecule has 1 aliphatic rings. The molecule has 1 aromatic heterocycles. The molecule has 0 fully saturated rings. The van der Waals surface area contributed by atoms with E-state index in [1.54, 1.807) is 18.2 Å². The lowest BCUT2D eigenvalue weighted by atomic mass is 10.1. The number of carbonyl (C=O) groups is 2. The van der Waals surface area contributed by atoms with Gasteiger partial charge in [-0.25, -0.2) is 4.79 Å². The summed E-state index contributed by atoms with van der Waals surface area (Å²) in [4.78, 5) is 25.5. The predicted octanol–water partition coefficient (Wildman–Crippen LogP) is 3.05. The van der Waals surface area contributed by atoms with E-state index < -0.39 is 5.97 Å². The zero-order chi connectivity index (χ0) is 17.8. The van der Waals surface area contributed by atoms with Crippen LogP contribution in [0, 0.1) is 0 Å². The molecule has 1 aromatic carbocycles.